The minimum absolute atomic E-state index is 1.22. The Morgan fingerprint density at radius 1 is 0.846 bits per heavy atom. The van der Waals surface area contributed by atoms with Gasteiger partial charge in [-0.1, -0.05) is 64.0 Å². The molecule has 0 amide bonds. The topological polar surface area (TPSA) is 0 Å². The Hall–Kier alpha value is -0.260. The molecule has 0 unspecified atom stereocenters. The molecule has 0 aromatic heterocycles. The molecular weight excluding hydrogens is 156 g/mol. The quantitative estimate of drug-likeness (QED) is 0.443. The number of unbranched alkanes of at least 4 members (excludes halogenated alkanes) is 8. The summed E-state index contributed by atoms with van der Waals surface area (Å²) in [6.45, 7) is 5.94. The van der Waals surface area contributed by atoms with Gasteiger partial charge in [-0.15, -0.1) is 0 Å². The van der Waals surface area contributed by atoms with Gasteiger partial charge in [-0.25, -0.2) is 0 Å². The fourth-order valence-electron chi connectivity index (χ4n) is 1.51. The molecule has 0 saturated heterocycles. The van der Waals surface area contributed by atoms with Gasteiger partial charge in [0.05, 0.1) is 0 Å². The maximum Gasteiger partial charge on any atom is -0.0316 e. The summed E-state index contributed by atoms with van der Waals surface area (Å²) in [5.74, 6) is 0. The Morgan fingerprint density at radius 3 is 1.92 bits per heavy atom. The van der Waals surface area contributed by atoms with E-state index in [0.717, 1.165) is 0 Å². The van der Waals surface area contributed by atoms with Gasteiger partial charge in [0, 0.05) is 0 Å². The number of hydrogen-bond acceptors (Lipinski definition) is 0. The summed E-state index contributed by atoms with van der Waals surface area (Å²) in [5, 5.41) is 0. The molecule has 0 rings (SSSR count). The van der Waals surface area contributed by atoms with E-state index in [9.17, 15) is 0 Å². The summed E-state index contributed by atoms with van der Waals surface area (Å²) in [7, 11) is 0. The van der Waals surface area contributed by atoms with E-state index < -0.39 is 0 Å². The second-order valence-corrected chi connectivity index (χ2v) is 3.73. The number of hydrogen-bond donors (Lipinski definition) is 0. The van der Waals surface area contributed by atoms with Crippen LogP contribution >= 0.6 is 0 Å². The maximum absolute atomic E-state index is 3.67. The summed E-state index contributed by atoms with van der Waals surface area (Å²) in [5.41, 5.74) is 0. The molecule has 0 atom stereocenters. The first-order valence-electron chi connectivity index (χ1n) is 5.86. The van der Waals surface area contributed by atoms with Crippen LogP contribution in [0.25, 0.3) is 0 Å². The van der Waals surface area contributed by atoms with Crippen LogP contribution in [0.2, 0.25) is 0 Å². The SMILES string of the molecule is [CH2]/C=C\CCCCCCCCCC. The fourth-order valence-corrected chi connectivity index (χ4v) is 1.51. The van der Waals surface area contributed by atoms with E-state index in [0.29, 0.717) is 0 Å². The molecular formula is C13H25. The van der Waals surface area contributed by atoms with Crippen molar-refractivity contribution in [1.82, 2.24) is 0 Å². The van der Waals surface area contributed by atoms with Crippen LogP contribution in [0, 0.1) is 6.92 Å². The first-order chi connectivity index (χ1) is 6.41. The molecule has 0 aliphatic carbocycles. The van der Waals surface area contributed by atoms with E-state index in [2.05, 4.69) is 19.9 Å². The number of allylic oxidation sites excluding steroid dienone is 2. The van der Waals surface area contributed by atoms with Gasteiger partial charge in [0.1, 0.15) is 0 Å². The van der Waals surface area contributed by atoms with Gasteiger partial charge in [-0.3, -0.25) is 0 Å². The van der Waals surface area contributed by atoms with Crippen molar-refractivity contribution < 1.29 is 0 Å². The summed E-state index contributed by atoms with van der Waals surface area (Å²) >= 11 is 0. The Kier molecular flexibility index (Phi) is 11.5. The Balaban J connectivity index is 2.83. The zero-order valence-corrected chi connectivity index (χ0v) is 9.23. The summed E-state index contributed by atoms with van der Waals surface area (Å²) in [6.07, 6.45) is 16.6. The molecule has 1 radical (unpaired) electrons. The molecule has 0 aliphatic heterocycles. The molecule has 0 spiro atoms. The summed E-state index contributed by atoms with van der Waals surface area (Å²) in [4.78, 5) is 0. The molecule has 77 valence electrons. The third-order valence-corrected chi connectivity index (χ3v) is 2.39. The average molecular weight is 181 g/mol. The van der Waals surface area contributed by atoms with Crippen molar-refractivity contribution in [2.24, 2.45) is 0 Å². The molecule has 0 nitrogen and oxygen atoms in total. The van der Waals surface area contributed by atoms with Crippen LogP contribution in [-0.4, -0.2) is 0 Å². The average Bonchev–Trinajstić information content (AvgIpc) is 2.16. The second kappa shape index (κ2) is 11.7. The van der Waals surface area contributed by atoms with Gasteiger partial charge in [0.25, 0.3) is 0 Å². The summed E-state index contributed by atoms with van der Waals surface area (Å²) in [6, 6.07) is 0. The van der Waals surface area contributed by atoms with E-state index in [4.69, 9.17) is 0 Å². The highest BCUT2D eigenvalue weighted by Gasteiger charge is 1.89. The highest BCUT2D eigenvalue weighted by Crippen LogP contribution is 2.09. The molecule has 0 bridgehead atoms. The predicted molar refractivity (Wildman–Crippen MR) is 61.7 cm³/mol. The molecule has 0 fully saturated rings. The molecule has 0 heteroatoms. The van der Waals surface area contributed by atoms with Gasteiger partial charge in [0.15, 0.2) is 0 Å². The van der Waals surface area contributed by atoms with Crippen LogP contribution in [0.4, 0.5) is 0 Å². The van der Waals surface area contributed by atoms with E-state index in [1.807, 2.05) is 6.08 Å². The highest BCUT2D eigenvalue weighted by molar-refractivity contribution is 4.83. The molecule has 0 aromatic carbocycles. The first kappa shape index (κ1) is 12.7. The van der Waals surface area contributed by atoms with Gasteiger partial charge in [-0.05, 0) is 19.8 Å². The van der Waals surface area contributed by atoms with E-state index >= 15 is 0 Å². The minimum atomic E-state index is 1.22. The van der Waals surface area contributed by atoms with Crippen LogP contribution in [-0.2, 0) is 0 Å². The normalized spacial score (nSPS) is 11.2. The van der Waals surface area contributed by atoms with Crippen LogP contribution in [0.15, 0.2) is 12.2 Å². The van der Waals surface area contributed by atoms with Gasteiger partial charge in [-0.2, -0.15) is 0 Å². The van der Waals surface area contributed by atoms with Crippen LogP contribution in [0.5, 0.6) is 0 Å². The lowest BCUT2D eigenvalue weighted by Gasteiger charge is -1.99. The Labute approximate surface area is 84.4 Å². The van der Waals surface area contributed by atoms with Crippen molar-refractivity contribution in [3.05, 3.63) is 19.1 Å². The molecule has 0 saturated carbocycles. The third-order valence-electron chi connectivity index (χ3n) is 2.39. The van der Waals surface area contributed by atoms with Crippen LogP contribution in [0.3, 0.4) is 0 Å². The maximum atomic E-state index is 3.67. The van der Waals surface area contributed by atoms with E-state index in [-0.39, 0.29) is 0 Å². The standard InChI is InChI=1S/C13H25/c1-3-5-7-9-11-13-12-10-8-6-4-2/h3,5H,1,4,6-13H2,2H3/b5-3-. The van der Waals surface area contributed by atoms with Crippen LogP contribution < -0.4 is 0 Å². The second-order valence-electron chi connectivity index (χ2n) is 3.73. The molecule has 13 heavy (non-hydrogen) atoms. The zero-order chi connectivity index (χ0) is 9.78. The monoisotopic (exact) mass is 181 g/mol. The summed E-state index contributed by atoms with van der Waals surface area (Å²) < 4.78 is 0. The molecule has 0 aliphatic rings. The van der Waals surface area contributed by atoms with Gasteiger partial charge < -0.3 is 0 Å². The minimum Gasteiger partial charge on any atom is -0.0885 e. The lowest BCUT2D eigenvalue weighted by Crippen LogP contribution is -1.79. The third kappa shape index (κ3) is 11.7. The van der Waals surface area contributed by atoms with Crippen molar-refractivity contribution in [2.45, 2.75) is 64.7 Å². The first-order valence-corrected chi connectivity index (χ1v) is 5.86. The van der Waals surface area contributed by atoms with Crippen molar-refractivity contribution in [1.29, 1.82) is 0 Å². The number of rotatable bonds is 9. The lowest BCUT2D eigenvalue weighted by molar-refractivity contribution is 0.577. The molecule has 0 heterocycles. The van der Waals surface area contributed by atoms with E-state index in [1.165, 1.54) is 57.8 Å². The Bertz CT molecular complexity index is 103. The van der Waals surface area contributed by atoms with E-state index in [1.54, 1.807) is 0 Å². The van der Waals surface area contributed by atoms with Gasteiger partial charge >= 0.3 is 0 Å². The zero-order valence-electron chi connectivity index (χ0n) is 9.23. The molecule has 0 aromatic rings. The largest absolute Gasteiger partial charge is 0.0885 e. The predicted octanol–water partition coefficient (Wildman–Crippen LogP) is 4.91. The molecule has 0 N–H and O–H groups in total. The highest BCUT2D eigenvalue weighted by atomic mass is 14.0. The lowest BCUT2D eigenvalue weighted by atomic mass is 10.1. The smallest absolute Gasteiger partial charge is 0.0316 e. The van der Waals surface area contributed by atoms with Crippen molar-refractivity contribution in [3.8, 4) is 0 Å². The van der Waals surface area contributed by atoms with Crippen molar-refractivity contribution in [3.63, 3.8) is 0 Å². The Morgan fingerprint density at radius 2 is 1.38 bits per heavy atom. The van der Waals surface area contributed by atoms with Crippen LogP contribution in [0.1, 0.15) is 64.7 Å². The van der Waals surface area contributed by atoms with Crippen molar-refractivity contribution >= 4 is 0 Å². The van der Waals surface area contributed by atoms with Crippen molar-refractivity contribution in [2.75, 3.05) is 0 Å². The van der Waals surface area contributed by atoms with Gasteiger partial charge in [0.2, 0.25) is 0 Å². The fraction of sp³-hybridized carbons (Fsp3) is 0.769.